The number of rotatable bonds is 5. The van der Waals surface area contributed by atoms with Crippen LogP contribution in [-0.2, 0) is 0 Å². The number of hydrogen-bond acceptors (Lipinski definition) is 1. The Bertz CT molecular complexity index is 3510. The molecule has 9 aromatic carbocycles. The highest BCUT2D eigenvalue weighted by molar-refractivity contribution is 7.26. The lowest BCUT2D eigenvalue weighted by Crippen LogP contribution is -1.97. The summed E-state index contributed by atoms with van der Waals surface area (Å²) in [6.45, 7) is 0. The van der Waals surface area contributed by atoms with Crippen LogP contribution >= 0.6 is 11.3 Å². The molecule has 0 fully saturated rings. The van der Waals surface area contributed by atoms with Crippen molar-refractivity contribution < 1.29 is 0 Å². The van der Waals surface area contributed by atoms with Crippen molar-refractivity contribution in [1.29, 1.82) is 0 Å². The summed E-state index contributed by atoms with van der Waals surface area (Å²) in [4.78, 5) is 0. The molecule has 0 saturated carbocycles. The van der Waals surface area contributed by atoms with Gasteiger partial charge in [-0.25, -0.2) is 0 Å². The van der Waals surface area contributed by atoms with E-state index in [9.17, 15) is 0 Å². The van der Waals surface area contributed by atoms with E-state index in [4.69, 9.17) is 0 Å². The van der Waals surface area contributed by atoms with Crippen LogP contribution in [0.25, 0.3) is 109 Å². The van der Waals surface area contributed by atoms with E-state index >= 15 is 0 Å². The Morgan fingerprint density at radius 2 is 0.842 bits per heavy atom. The van der Waals surface area contributed by atoms with E-state index in [1.807, 2.05) is 11.3 Å². The van der Waals surface area contributed by atoms with Gasteiger partial charge in [0.15, 0.2) is 0 Å². The molecule has 0 spiro atoms. The molecule has 0 atom stereocenters. The third-order valence-corrected chi connectivity index (χ3v) is 12.9. The lowest BCUT2D eigenvalue weighted by Gasteiger charge is -2.14. The first-order valence-electron chi connectivity index (χ1n) is 19.5. The lowest BCUT2D eigenvalue weighted by atomic mass is 9.98. The van der Waals surface area contributed by atoms with Crippen LogP contribution in [0.5, 0.6) is 0 Å². The Kier molecular flexibility index (Phi) is 7.13. The maximum Gasteiger partial charge on any atom is 0.0641 e. The first-order chi connectivity index (χ1) is 28.3. The normalized spacial score (nSPS) is 11.9. The highest BCUT2D eigenvalue weighted by atomic mass is 32.1. The second-order valence-electron chi connectivity index (χ2n) is 14.9. The van der Waals surface area contributed by atoms with Gasteiger partial charge < -0.3 is 9.13 Å². The number of thiophene rings is 1. The first-order valence-corrected chi connectivity index (χ1v) is 20.3. The van der Waals surface area contributed by atoms with Gasteiger partial charge in [0, 0.05) is 42.6 Å². The van der Waals surface area contributed by atoms with E-state index in [0.717, 1.165) is 0 Å². The van der Waals surface area contributed by atoms with Crippen molar-refractivity contribution in [2.24, 2.45) is 0 Å². The first kappa shape index (κ1) is 32.1. The zero-order chi connectivity index (χ0) is 37.5. The van der Waals surface area contributed by atoms with Crippen molar-refractivity contribution in [3.8, 4) is 44.8 Å². The Hall–Kier alpha value is -7.20. The number of benzene rings is 9. The van der Waals surface area contributed by atoms with Crippen molar-refractivity contribution in [1.82, 2.24) is 9.13 Å². The molecule has 12 rings (SSSR count). The summed E-state index contributed by atoms with van der Waals surface area (Å²) < 4.78 is 7.55. The van der Waals surface area contributed by atoms with Gasteiger partial charge in [-0.15, -0.1) is 11.3 Å². The molecule has 0 saturated heterocycles. The number of hydrogen-bond donors (Lipinski definition) is 0. The van der Waals surface area contributed by atoms with Gasteiger partial charge in [-0.05, 0) is 76.3 Å². The highest BCUT2D eigenvalue weighted by Crippen LogP contribution is 2.46. The molecule has 266 valence electrons. The van der Waals surface area contributed by atoms with Crippen molar-refractivity contribution in [2.45, 2.75) is 0 Å². The number of fused-ring (bicyclic) bond motifs is 9. The van der Waals surface area contributed by atoms with Gasteiger partial charge in [0.25, 0.3) is 0 Å². The van der Waals surface area contributed by atoms with Crippen LogP contribution in [0.4, 0.5) is 0 Å². The van der Waals surface area contributed by atoms with Crippen LogP contribution in [0.15, 0.2) is 206 Å². The molecular formula is C54H34N2S. The van der Waals surface area contributed by atoms with Gasteiger partial charge in [0.1, 0.15) is 0 Å². The van der Waals surface area contributed by atoms with Gasteiger partial charge in [-0.1, -0.05) is 158 Å². The minimum Gasteiger partial charge on any atom is -0.309 e. The molecule has 12 aromatic rings. The van der Waals surface area contributed by atoms with Gasteiger partial charge >= 0.3 is 0 Å². The van der Waals surface area contributed by atoms with Crippen LogP contribution in [-0.4, -0.2) is 9.13 Å². The van der Waals surface area contributed by atoms with E-state index in [2.05, 4.69) is 215 Å². The minimum atomic E-state index is 1.18. The largest absolute Gasteiger partial charge is 0.309 e. The summed E-state index contributed by atoms with van der Waals surface area (Å²) in [5.74, 6) is 0. The average molecular weight is 743 g/mol. The van der Waals surface area contributed by atoms with Gasteiger partial charge in [-0.2, -0.15) is 0 Å². The summed E-state index contributed by atoms with van der Waals surface area (Å²) in [5.41, 5.74) is 14.5. The molecule has 2 nitrogen and oxygen atoms in total. The molecule has 0 aliphatic heterocycles. The third-order valence-electron chi connectivity index (χ3n) is 11.7. The molecule has 0 bridgehead atoms. The van der Waals surface area contributed by atoms with Crippen molar-refractivity contribution in [3.05, 3.63) is 206 Å². The molecule has 57 heavy (non-hydrogen) atoms. The predicted molar refractivity (Wildman–Crippen MR) is 244 cm³/mol. The smallest absolute Gasteiger partial charge is 0.0641 e. The molecule has 0 aliphatic carbocycles. The fourth-order valence-electron chi connectivity index (χ4n) is 9.20. The molecule has 0 unspecified atom stereocenters. The standard InChI is InChI=1S/C54H34N2S/c1-3-15-35(16-4-1)39-19-7-11-23-46(39)56-47-24-12-8-20-41(47)43-29-27-38(34-51(43)56)37-28-31-49-45(33-37)42-21-9-13-25-48(42)55(49)50-32-30-40(36-17-5-2-6-18-36)53-44-22-10-14-26-52(44)57-54(50)53/h1-34H. The Morgan fingerprint density at radius 1 is 0.298 bits per heavy atom. The maximum atomic E-state index is 2.49. The van der Waals surface area contributed by atoms with Crippen LogP contribution < -0.4 is 0 Å². The number of aromatic nitrogens is 2. The minimum absolute atomic E-state index is 1.18. The average Bonchev–Trinajstić information content (AvgIpc) is 3.94. The molecule has 3 aromatic heterocycles. The molecule has 0 aliphatic rings. The zero-order valence-corrected chi connectivity index (χ0v) is 31.7. The monoisotopic (exact) mass is 742 g/mol. The molecule has 3 heteroatoms. The Morgan fingerprint density at radius 3 is 1.61 bits per heavy atom. The van der Waals surface area contributed by atoms with E-state index in [1.165, 1.54) is 109 Å². The fraction of sp³-hybridized carbons (Fsp3) is 0. The Balaban J connectivity index is 1.08. The Labute approximate surface area is 333 Å². The van der Waals surface area contributed by atoms with E-state index < -0.39 is 0 Å². The summed E-state index contributed by atoms with van der Waals surface area (Å²) in [6.07, 6.45) is 0. The number of nitrogens with zero attached hydrogens (tertiary/aromatic N) is 2. The van der Waals surface area contributed by atoms with E-state index in [1.54, 1.807) is 0 Å². The number of para-hydroxylation sites is 3. The van der Waals surface area contributed by atoms with Crippen molar-refractivity contribution in [2.75, 3.05) is 0 Å². The predicted octanol–water partition coefficient (Wildman–Crippen LogP) is 15.2. The van der Waals surface area contributed by atoms with Gasteiger partial charge in [-0.3, -0.25) is 0 Å². The summed E-state index contributed by atoms with van der Waals surface area (Å²) >= 11 is 1.89. The van der Waals surface area contributed by atoms with Gasteiger partial charge in [0.2, 0.25) is 0 Å². The second kappa shape index (κ2) is 12.7. The molecule has 3 heterocycles. The molecular weight excluding hydrogens is 709 g/mol. The topological polar surface area (TPSA) is 9.86 Å². The van der Waals surface area contributed by atoms with E-state index in [-0.39, 0.29) is 0 Å². The molecule has 0 radical (unpaired) electrons. The highest BCUT2D eigenvalue weighted by Gasteiger charge is 2.21. The van der Waals surface area contributed by atoms with Gasteiger partial charge in [0.05, 0.1) is 38.1 Å². The van der Waals surface area contributed by atoms with Crippen LogP contribution in [0.1, 0.15) is 0 Å². The summed E-state index contributed by atoms with van der Waals surface area (Å²) in [6, 6.07) is 75.5. The van der Waals surface area contributed by atoms with E-state index in [0.29, 0.717) is 0 Å². The molecule has 0 N–H and O–H groups in total. The summed E-state index contributed by atoms with van der Waals surface area (Å²) in [5, 5.41) is 7.63. The fourth-order valence-corrected chi connectivity index (χ4v) is 10.4. The quantitative estimate of drug-likeness (QED) is 0.166. The maximum absolute atomic E-state index is 2.49. The van der Waals surface area contributed by atoms with Crippen molar-refractivity contribution >= 4 is 75.1 Å². The van der Waals surface area contributed by atoms with Crippen LogP contribution in [0.2, 0.25) is 0 Å². The van der Waals surface area contributed by atoms with Crippen LogP contribution in [0, 0.1) is 0 Å². The molecule has 0 amide bonds. The van der Waals surface area contributed by atoms with Crippen molar-refractivity contribution in [3.63, 3.8) is 0 Å². The third kappa shape index (κ3) is 4.89. The van der Waals surface area contributed by atoms with Crippen LogP contribution in [0.3, 0.4) is 0 Å². The zero-order valence-electron chi connectivity index (χ0n) is 30.9. The SMILES string of the molecule is c1ccc(-c2ccccc2-n2c3ccccc3c3ccc(-c4ccc5c(c4)c4ccccc4n5-c4ccc(-c5ccccc5)c5c4sc4ccccc45)cc32)cc1. The summed E-state index contributed by atoms with van der Waals surface area (Å²) in [7, 11) is 0. The lowest BCUT2D eigenvalue weighted by molar-refractivity contribution is 1.18. The second-order valence-corrected chi connectivity index (χ2v) is 15.9.